The van der Waals surface area contributed by atoms with Crippen LogP contribution in [0.2, 0.25) is 0 Å². The fourth-order valence-corrected chi connectivity index (χ4v) is 6.05. The maximum absolute atomic E-state index is 14.6. The number of piperidine rings is 1. The molecular formula is C29H30F8N2O2. The van der Waals surface area contributed by atoms with Gasteiger partial charge < -0.3 is 9.80 Å². The minimum Gasteiger partial charge on any atom is -0.343 e. The summed E-state index contributed by atoms with van der Waals surface area (Å²) < 4.78 is 108. The van der Waals surface area contributed by atoms with Gasteiger partial charge in [0, 0.05) is 55.4 Å². The van der Waals surface area contributed by atoms with Crippen molar-refractivity contribution in [1.29, 1.82) is 0 Å². The molecule has 2 saturated heterocycles. The van der Waals surface area contributed by atoms with Gasteiger partial charge in [0.2, 0.25) is 11.8 Å². The van der Waals surface area contributed by atoms with Crippen molar-refractivity contribution in [3.8, 4) is 0 Å². The van der Waals surface area contributed by atoms with E-state index in [1.54, 1.807) is 23.6 Å². The SMILES string of the molecule is CCC(=O)N1CCC(C(=O)N2C[C@@H](c3ccc(C(F)(C(F)(F)F)C(F)(F)F)cc3)[C@@](C)(c3ccc(F)cc3)C2)CC1. The van der Waals surface area contributed by atoms with Gasteiger partial charge in [-0.2, -0.15) is 26.3 Å². The van der Waals surface area contributed by atoms with Crippen LogP contribution in [-0.4, -0.2) is 60.1 Å². The summed E-state index contributed by atoms with van der Waals surface area (Å²) in [5.74, 6) is -1.63. The summed E-state index contributed by atoms with van der Waals surface area (Å²) >= 11 is 0. The average Bonchev–Trinajstić information content (AvgIpc) is 3.29. The molecule has 0 spiro atoms. The first-order chi connectivity index (χ1) is 19.0. The molecule has 2 aliphatic rings. The van der Waals surface area contributed by atoms with Gasteiger partial charge in [0.25, 0.3) is 0 Å². The molecule has 0 radical (unpaired) electrons. The molecule has 41 heavy (non-hydrogen) atoms. The Kier molecular flexibility index (Phi) is 8.18. The van der Waals surface area contributed by atoms with Gasteiger partial charge in [-0.05, 0) is 36.1 Å². The van der Waals surface area contributed by atoms with Crippen molar-refractivity contribution in [2.45, 2.75) is 62.5 Å². The number of alkyl halides is 7. The average molecular weight is 591 g/mol. The van der Waals surface area contributed by atoms with Crippen molar-refractivity contribution >= 4 is 11.8 Å². The Balaban J connectivity index is 1.65. The number of benzene rings is 2. The zero-order valence-corrected chi connectivity index (χ0v) is 22.5. The molecule has 2 heterocycles. The molecular weight excluding hydrogens is 560 g/mol. The van der Waals surface area contributed by atoms with Crippen molar-refractivity contribution in [2.24, 2.45) is 5.92 Å². The van der Waals surface area contributed by atoms with E-state index in [1.165, 1.54) is 24.3 Å². The summed E-state index contributed by atoms with van der Waals surface area (Å²) in [4.78, 5) is 28.9. The van der Waals surface area contributed by atoms with Crippen LogP contribution in [0.15, 0.2) is 48.5 Å². The molecule has 0 unspecified atom stereocenters. The van der Waals surface area contributed by atoms with Crippen molar-refractivity contribution < 1.29 is 44.7 Å². The fraction of sp³-hybridized carbons (Fsp3) is 0.517. The number of halogens is 8. The van der Waals surface area contributed by atoms with E-state index < -0.39 is 40.7 Å². The Labute approximate surface area is 232 Å². The number of carbonyl (C=O) groups is 2. The molecule has 2 amide bonds. The number of nitrogens with zero attached hydrogens (tertiary/aromatic N) is 2. The van der Waals surface area contributed by atoms with E-state index in [0.29, 0.717) is 55.6 Å². The first-order valence-electron chi connectivity index (χ1n) is 13.3. The van der Waals surface area contributed by atoms with Crippen LogP contribution in [0.3, 0.4) is 0 Å². The van der Waals surface area contributed by atoms with E-state index in [-0.39, 0.29) is 30.8 Å². The number of rotatable bonds is 5. The molecule has 0 N–H and O–H groups in total. The van der Waals surface area contributed by atoms with Crippen LogP contribution in [0.5, 0.6) is 0 Å². The molecule has 0 saturated carbocycles. The minimum absolute atomic E-state index is 0.00203. The van der Waals surface area contributed by atoms with Crippen LogP contribution in [0.1, 0.15) is 55.7 Å². The van der Waals surface area contributed by atoms with Crippen LogP contribution < -0.4 is 0 Å². The Hall–Kier alpha value is -3.18. The normalized spacial score (nSPS) is 22.7. The number of amides is 2. The second kappa shape index (κ2) is 10.9. The van der Waals surface area contributed by atoms with Crippen molar-refractivity contribution in [2.75, 3.05) is 26.2 Å². The zero-order chi connectivity index (χ0) is 30.4. The van der Waals surface area contributed by atoms with Gasteiger partial charge in [0.05, 0.1) is 0 Å². The summed E-state index contributed by atoms with van der Waals surface area (Å²) in [6, 6.07) is 8.52. The van der Waals surface area contributed by atoms with Gasteiger partial charge in [0.1, 0.15) is 5.82 Å². The summed E-state index contributed by atoms with van der Waals surface area (Å²) in [7, 11) is 0. The van der Waals surface area contributed by atoms with Crippen LogP contribution in [-0.2, 0) is 20.7 Å². The molecule has 2 atom stereocenters. The maximum Gasteiger partial charge on any atom is 0.435 e. The topological polar surface area (TPSA) is 40.6 Å². The highest BCUT2D eigenvalue weighted by molar-refractivity contribution is 5.81. The number of carbonyl (C=O) groups excluding carboxylic acids is 2. The molecule has 224 valence electrons. The van der Waals surface area contributed by atoms with E-state index >= 15 is 0 Å². The third kappa shape index (κ3) is 5.53. The van der Waals surface area contributed by atoms with Gasteiger partial charge in [0.15, 0.2) is 0 Å². The lowest BCUT2D eigenvalue weighted by Crippen LogP contribution is -2.50. The molecule has 4 rings (SSSR count). The standard InChI is InChI=1S/C29H30F8N2O2/c1-3-24(40)38-14-12-19(13-15-38)25(41)39-16-23(26(2,17-39)20-8-10-22(30)11-9-20)18-4-6-21(7-5-18)27(31,28(32,33)34)29(35,36)37/h4-11,19,23H,3,12-17H2,1-2H3/t23-,26+/m0/s1. The minimum atomic E-state index is -6.23. The third-order valence-electron chi connectivity index (χ3n) is 8.50. The van der Waals surface area contributed by atoms with E-state index in [2.05, 4.69) is 0 Å². The monoisotopic (exact) mass is 590 g/mol. The molecule has 2 aromatic rings. The van der Waals surface area contributed by atoms with Crippen LogP contribution in [0, 0.1) is 11.7 Å². The molecule has 12 heteroatoms. The second-order valence-electron chi connectivity index (χ2n) is 11.0. The number of likely N-dealkylation sites (tertiary alicyclic amines) is 2. The van der Waals surface area contributed by atoms with E-state index in [9.17, 15) is 44.7 Å². The van der Waals surface area contributed by atoms with E-state index in [4.69, 9.17) is 0 Å². The highest BCUT2D eigenvalue weighted by Crippen LogP contribution is 2.54. The Morgan fingerprint density at radius 3 is 1.88 bits per heavy atom. The first kappa shape index (κ1) is 30.8. The highest BCUT2D eigenvalue weighted by atomic mass is 19.4. The fourth-order valence-electron chi connectivity index (χ4n) is 6.05. The molecule has 0 bridgehead atoms. The molecule has 0 aromatic heterocycles. The summed E-state index contributed by atoms with van der Waals surface area (Å²) in [5, 5.41) is 0. The first-order valence-corrected chi connectivity index (χ1v) is 13.3. The van der Waals surface area contributed by atoms with Gasteiger partial charge in [-0.25, -0.2) is 8.78 Å². The zero-order valence-electron chi connectivity index (χ0n) is 22.5. The second-order valence-corrected chi connectivity index (χ2v) is 11.0. The lowest BCUT2D eigenvalue weighted by molar-refractivity contribution is -0.348. The van der Waals surface area contributed by atoms with Crippen molar-refractivity contribution in [3.63, 3.8) is 0 Å². The lowest BCUT2D eigenvalue weighted by atomic mass is 9.71. The Morgan fingerprint density at radius 2 is 1.39 bits per heavy atom. The quantitative estimate of drug-likeness (QED) is 0.366. The van der Waals surface area contributed by atoms with Crippen LogP contribution in [0.25, 0.3) is 0 Å². The van der Waals surface area contributed by atoms with Gasteiger partial charge >= 0.3 is 18.0 Å². The molecule has 2 aromatic carbocycles. The van der Waals surface area contributed by atoms with Crippen molar-refractivity contribution in [1.82, 2.24) is 9.80 Å². The van der Waals surface area contributed by atoms with E-state index in [0.717, 1.165) is 12.1 Å². The van der Waals surface area contributed by atoms with Gasteiger partial charge in [-0.1, -0.05) is 50.2 Å². The molecule has 2 aliphatic heterocycles. The molecule has 2 fully saturated rings. The highest BCUT2D eigenvalue weighted by Gasteiger charge is 2.73. The predicted molar refractivity (Wildman–Crippen MR) is 134 cm³/mol. The largest absolute Gasteiger partial charge is 0.435 e. The lowest BCUT2D eigenvalue weighted by Gasteiger charge is -2.34. The molecule has 4 nitrogen and oxygen atoms in total. The van der Waals surface area contributed by atoms with Crippen LogP contribution in [0.4, 0.5) is 35.1 Å². The Morgan fingerprint density at radius 1 is 0.854 bits per heavy atom. The summed E-state index contributed by atoms with van der Waals surface area (Å²) in [6.07, 6.45) is -11.2. The third-order valence-corrected chi connectivity index (χ3v) is 8.50. The van der Waals surface area contributed by atoms with Gasteiger partial charge in [-0.15, -0.1) is 0 Å². The smallest absolute Gasteiger partial charge is 0.343 e. The number of hydrogen-bond acceptors (Lipinski definition) is 2. The maximum atomic E-state index is 14.6. The van der Waals surface area contributed by atoms with Crippen LogP contribution >= 0.6 is 0 Å². The van der Waals surface area contributed by atoms with E-state index in [1.807, 2.05) is 0 Å². The predicted octanol–water partition coefficient (Wildman–Crippen LogP) is 6.65. The summed E-state index contributed by atoms with van der Waals surface area (Å²) in [5.41, 5.74) is -7.10. The Bertz CT molecular complexity index is 1240. The van der Waals surface area contributed by atoms with Crippen molar-refractivity contribution in [3.05, 3.63) is 71.0 Å². The summed E-state index contributed by atoms with van der Waals surface area (Å²) in [6.45, 7) is 4.67. The number of hydrogen-bond donors (Lipinski definition) is 0. The molecule has 0 aliphatic carbocycles. The van der Waals surface area contributed by atoms with Gasteiger partial charge in [-0.3, -0.25) is 9.59 Å².